The van der Waals surface area contributed by atoms with Gasteiger partial charge in [-0.15, -0.1) is 0 Å². The van der Waals surface area contributed by atoms with Crippen molar-refractivity contribution in [3.63, 3.8) is 0 Å². The van der Waals surface area contributed by atoms with E-state index < -0.39 is 0 Å². The van der Waals surface area contributed by atoms with Crippen molar-refractivity contribution in [2.75, 3.05) is 16.8 Å². The molecule has 2 heterocycles. The molecule has 1 N–H and O–H groups in total. The maximum Gasteiger partial charge on any atom is 0.207 e. The minimum atomic E-state index is 0.798. The van der Waals surface area contributed by atoms with E-state index in [0.717, 1.165) is 24.1 Å². The van der Waals surface area contributed by atoms with Gasteiger partial charge in [0, 0.05) is 24.6 Å². The zero-order valence-electron chi connectivity index (χ0n) is 11.0. The molecule has 1 aliphatic rings. The molecule has 1 aromatic heterocycles. The van der Waals surface area contributed by atoms with Crippen molar-refractivity contribution < 1.29 is 0 Å². The lowest BCUT2D eigenvalue weighted by Crippen LogP contribution is -2.17. The normalized spacial score (nSPS) is 16.4. The zero-order chi connectivity index (χ0) is 12.9. The molecule has 3 nitrogen and oxygen atoms in total. The van der Waals surface area contributed by atoms with Crippen LogP contribution in [-0.2, 0) is 6.54 Å². The van der Waals surface area contributed by atoms with Gasteiger partial charge in [-0.05, 0) is 42.4 Å². The second-order valence-corrected chi connectivity index (χ2v) is 6.17. The van der Waals surface area contributed by atoms with E-state index in [-0.39, 0.29) is 0 Å². The van der Waals surface area contributed by atoms with Crippen LogP contribution >= 0.6 is 11.8 Å². The highest BCUT2D eigenvalue weighted by molar-refractivity contribution is 7.99. The molecule has 100 valence electrons. The van der Waals surface area contributed by atoms with E-state index in [9.17, 15) is 0 Å². The summed E-state index contributed by atoms with van der Waals surface area (Å²) < 4.78 is 2.24. The molecule has 2 aromatic rings. The van der Waals surface area contributed by atoms with E-state index in [4.69, 9.17) is 0 Å². The Kier molecular flexibility index (Phi) is 4.08. The van der Waals surface area contributed by atoms with Crippen LogP contribution in [0.3, 0.4) is 0 Å². The molecule has 19 heavy (non-hydrogen) atoms. The Morgan fingerprint density at radius 3 is 2.79 bits per heavy atom. The molecule has 0 spiro atoms. The van der Waals surface area contributed by atoms with Gasteiger partial charge in [0.25, 0.3) is 0 Å². The van der Waals surface area contributed by atoms with E-state index >= 15 is 0 Å². The van der Waals surface area contributed by atoms with Gasteiger partial charge in [-0.1, -0.05) is 18.2 Å². The molecule has 0 unspecified atom stereocenters. The van der Waals surface area contributed by atoms with Crippen molar-refractivity contribution in [1.82, 2.24) is 9.55 Å². The van der Waals surface area contributed by atoms with Crippen LogP contribution in [0.1, 0.15) is 12.8 Å². The Balaban J connectivity index is 1.68. The lowest BCUT2D eigenvalue weighted by Gasteiger charge is -2.22. The van der Waals surface area contributed by atoms with Gasteiger partial charge in [-0.25, -0.2) is 4.98 Å². The van der Waals surface area contributed by atoms with Crippen LogP contribution in [0.15, 0.2) is 42.7 Å². The third-order valence-corrected chi connectivity index (χ3v) is 4.59. The number of hydrogen-bond acceptors (Lipinski definition) is 3. The first-order valence-electron chi connectivity index (χ1n) is 6.83. The van der Waals surface area contributed by atoms with Crippen molar-refractivity contribution in [2.24, 2.45) is 5.92 Å². The molecule has 0 atom stereocenters. The molecule has 1 aromatic carbocycles. The van der Waals surface area contributed by atoms with E-state index in [1.807, 2.05) is 24.4 Å². The Morgan fingerprint density at radius 1 is 1.21 bits per heavy atom. The molecular formula is C15H19N3S. The lowest BCUT2D eigenvalue weighted by molar-refractivity contribution is 0.419. The van der Waals surface area contributed by atoms with Gasteiger partial charge in [0.1, 0.15) is 0 Å². The molecule has 1 aliphatic heterocycles. The van der Waals surface area contributed by atoms with Gasteiger partial charge in [0.2, 0.25) is 5.95 Å². The zero-order valence-corrected chi connectivity index (χ0v) is 11.8. The van der Waals surface area contributed by atoms with Crippen molar-refractivity contribution in [1.29, 1.82) is 0 Å². The lowest BCUT2D eigenvalue weighted by atomic mass is 10.0. The predicted octanol–water partition coefficient (Wildman–Crippen LogP) is 3.77. The predicted molar refractivity (Wildman–Crippen MR) is 82.0 cm³/mol. The first-order valence-corrected chi connectivity index (χ1v) is 7.98. The van der Waals surface area contributed by atoms with Crippen LogP contribution in [-0.4, -0.2) is 21.1 Å². The SMILES string of the molecule is c1ccc(Nc2nccn2CC2CCSCC2)cc1. The minimum Gasteiger partial charge on any atom is -0.326 e. The van der Waals surface area contributed by atoms with Gasteiger partial charge in [0.15, 0.2) is 0 Å². The van der Waals surface area contributed by atoms with Gasteiger partial charge < -0.3 is 9.88 Å². The highest BCUT2D eigenvalue weighted by Crippen LogP contribution is 2.25. The van der Waals surface area contributed by atoms with Crippen molar-refractivity contribution >= 4 is 23.4 Å². The Hall–Kier alpha value is -1.42. The molecule has 0 radical (unpaired) electrons. The standard InChI is InChI=1S/C15H19N3S/c1-2-4-14(5-3-1)17-15-16-8-9-18(15)12-13-6-10-19-11-7-13/h1-5,8-9,13H,6-7,10-12H2,(H,16,17). The smallest absolute Gasteiger partial charge is 0.207 e. The van der Waals surface area contributed by atoms with Crippen LogP contribution in [0, 0.1) is 5.92 Å². The number of anilines is 2. The summed E-state index contributed by atoms with van der Waals surface area (Å²) in [5.41, 5.74) is 1.09. The number of nitrogens with one attached hydrogen (secondary N) is 1. The molecule has 0 saturated carbocycles. The van der Waals surface area contributed by atoms with Gasteiger partial charge in [0.05, 0.1) is 0 Å². The summed E-state index contributed by atoms with van der Waals surface area (Å²) in [6, 6.07) is 10.2. The number of benzene rings is 1. The maximum atomic E-state index is 4.42. The number of hydrogen-bond donors (Lipinski definition) is 1. The number of aromatic nitrogens is 2. The number of rotatable bonds is 4. The second kappa shape index (κ2) is 6.15. The Bertz CT molecular complexity index is 503. The van der Waals surface area contributed by atoms with Crippen LogP contribution in [0.2, 0.25) is 0 Å². The Morgan fingerprint density at radius 2 is 2.00 bits per heavy atom. The minimum absolute atomic E-state index is 0.798. The molecule has 0 bridgehead atoms. The topological polar surface area (TPSA) is 29.9 Å². The summed E-state index contributed by atoms with van der Waals surface area (Å²) in [6.07, 6.45) is 6.61. The maximum absolute atomic E-state index is 4.42. The van der Waals surface area contributed by atoms with E-state index in [0.29, 0.717) is 0 Å². The molecule has 0 amide bonds. The van der Waals surface area contributed by atoms with Crippen LogP contribution in [0.4, 0.5) is 11.6 Å². The summed E-state index contributed by atoms with van der Waals surface area (Å²) in [6.45, 7) is 1.08. The summed E-state index contributed by atoms with van der Waals surface area (Å²) >= 11 is 2.08. The molecule has 1 fully saturated rings. The van der Waals surface area contributed by atoms with E-state index in [2.05, 4.69) is 45.0 Å². The summed E-state index contributed by atoms with van der Waals surface area (Å²) in [7, 11) is 0. The summed E-state index contributed by atoms with van der Waals surface area (Å²) in [5.74, 6) is 4.36. The highest BCUT2D eigenvalue weighted by Gasteiger charge is 2.15. The molecular weight excluding hydrogens is 254 g/mol. The van der Waals surface area contributed by atoms with Gasteiger partial charge >= 0.3 is 0 Å². The molecule has 1 saturated heterocycles. The summed E-state index contributed by atoms with van der Waals surface area (Å²) in [5, 5.41) is 3.39. The third kappa shape index (κ3) is 3.32. The number of para-hydroxylation sites is 1. The Labute approximate surface area is 118 Å². The first-order chi connectivity index (χ1) is 9.42. The second-order valence-electron chi connectivity index (χ2n) is 4.95. The molecule has 0 aliphatic carbocycles. The molecule has 3 rings (SSSR count). The van der Waals surface area contributed by atoms with Crippen molar-refractivity contribution in [3.05, 3.63) is 42.7 Å². The highest BCUT2D eigenvalue weighted by atomic mass is 32.2. The van der Waals surface area contributed by atoms with E-state index in [1.165, 1.54) is 24.3 Å². The number of nitrogens with zero attached hydrogens (tertiary/aromatic N) is 2. The van der Waals surface area contributed by atoms with Gasteiger partial charge in [-0.2, -0.15) is 11.8 Å². The number of imidazole rings is 1. The van der Waals surface area contributed by atoms with Crippen LogP contribution in [0.25, 0.3) is 0 Å². The molecule has 4 heteroatoms. The van der Waals surface area contributed by atoms with Crippen LogP contribution < -0.4 is 5.32 Å². The largest absolute Gasteiger partial charge is 0.326 e. The fraction of sp³-hybridized carbons (Fsp3) is 0.400. The van der Waals surface area contributed by atoms with Gasteiger partial charge in [-0.3, -0.25) is 0 Å². The van der Waals surface area contributed by atoms with Crippen molar-refractivity contribution in [3.8, 4) is 0 Å². The monoisotopic (exact) mass is 273 g/mol. The number of thioether (sulfide) groups is 1. The van der Waals surface area contributed by atoms with E-state index in [1.54, 1.807) is 0 Å². The van der Waals surface area contributed by atoms with Crippen LogP contribution in [0.5, 0.6) is 0 Å². The van der Waals surface area contributed by atoms with Crippen molar-refractivity contribution in [2.45, 2.75) is 19.4 Å². The average Bonchev–Trinajstić information content (AvgIpc) is 2.88. The fourth-order valence-electron chi connectivity index (χ4n) is 2.44. The average molecular weight is 273 g/mol. The quantitative estimate of drug-likeness (QED) is 0.919. The third-order valence-electron chi connectivity index (χ3n) is 3.54. The fourth-order valence-corrected chi connectivity index (χ4v) is 3.64. The first kappa shape index (κ1) is 12.6. The summed E-state index contributed by atoms with van der Waals surface area (Å²) in [4.78, 5) is 4.42.